The lowest BCUT2D eigenvalue weighted by atomic mass is 9.98. The molecule has 0 saturated heterocycles. The monoisotopic (exact) mass is 321 g/mol. The molecular formula is C20H16FNO2. The topological polar surface area (TPSA) is 39.2 Å². The number of aromatic nitrogens is 1. The van der Waals surface area contributed by atoms with Crippen LogP contribution in [-0.4, -0.2) is 10.8 Å². The number of ketones is 1. The maximum absolute atomic E-state index is 13.4. The lowest BCUT2D eigenvalue weighted by Crippen LogP contribution is -1.99. The Hall–Kier alpha value is -3.01. The molecule has 120 valence electrons. The van der Waals surface area contributed by atoms with Crippen LogP contribution in [0.1, 0.15) is 22.8 Å². The minimum atomic E-state index is -0.431. The summed E-state index contributed by atoms with van der Waals surface area (Å²) < 4.78 is 19.0. The second-order valence-corrected chi connectivity index (χ2v) is 5.41. The number of ether oxygens (including phenoxy) is 1. The summed E-state index contributed by atoms with van der Waals surface area (Å²) in [5, 5.41) is 0. The van der Waals surface area contributed by atoms with Crippen LogP contribution >= 0.6 is 0 Å². The van der Waals surface area contributed by atoms with E-state index in [4.69, 9.17) is 4.74 Å². The molecule has 0 spiro atoms. The predicted molar refractivity (Wildman–Crippen MR) is 90.4 cm³/mol. The van der Waals surface area contributed by atoms with Crippen LogP contribution in [0.15, 0.2) is 66.9 Å². The minimum absolute atomic E-state index is 0.186. The van der Waals surface area contributed by atoms with E-state index in [2.05, 4.69) is 4.98 Å². The second kappa shape index (κ2) is 7.04. The maximum Gasteiger partial charge on any atom is 0.213 e. The highest BCUT2D eigenvalue weighted by molar-refractivity contribution is 6.00. The number of carbonyl (C=O) groups excluding carboxylic acids is 1. The summed E-state index contributed by atoms with van der Waals surface area (Å²) in [5.74, 6) is -0.122. The third kappa shape index (κ3) is 3.66. The van der Waals surface area contributed by atoms with Gasteiger partial charge in [0.1, 0.15) is 12.4 Å². The number of hydrogen-bond donors (Lipinski definition) is 0. The van der Waals surface area contributed by atoms with Crippen molar-refractivity contribution >= 4 is 5.78 Å². The molecule has 3 nitrogen and oxygen atoms in total. The lowest BCUT2D eigenvalue weighted by molar-refractivity contribution is 0.101. The van der Waals surface area contributed by atoms with Crippen molar-refractivity contribution < 1.29 is 13.9 Å². The quantitative estimate of drug-likeness (QED) is 0.641. The van der Waals surface area contributed by atoms with Crippen LogP contribution in [0.25, 0.3) is 11.1 Å². The molecule has 1 aromatic heterocycles. The van der Waals surface area contributed by atoms with Gasteiger partial charge in [0.25, 0.3) is 0 Å². The molecule has 1 heterocycles. The number of nitrogens with zero attached hydrogens (tertiary/aromatic N) is 1. The third-order valence-electron chi connectivity index (χ3n) is 3.64. The van der Waals surface area contributed by atoms with Crippen molar-refractivity contribution in [1.82, 2.24) is 4.98 Å². The van der Waals surface area contributed by atoms with E-state index in [9.17, 15) is 9.18 Å². The van der Waals surface area contributed by atoms with Gasteiger partial charge in [0.15, 0.2) is 5.78 Å². The fourth-order valence-corrected chi connectivity index (χ4v) is 2.42. The Kier molecular flexibility index (Phi) is 4.66. The summed E-state index contributed by atoms with van der Waals surface area (Å²) in [6.45, 7) is 1.85. The molecule has 0 aliphatic heterocycles. The highest BCUT2D eigenvalue weighted by Crippen LogP contribution is 2.25. The molecule has 3 rings (SSSR count). The zero-order valence-electron chi connectivity index (χ0n) is 13.2. The van der Waals surface area contributed by atoms with Gasteiger partial charge in [-0.3, -0.25) is 4.79 Å². The van der Waals surface area contributed by atoms with Gasteiger partial charge in [-0.2, -0.15) is 0 Å². The number of benzene rings is 2. The molecule has 0 atom stereocenters. The van der Waals surface area contributed by atoms with Crippen molar-refractivity contribution in [1.29, 1.82) is 0 Å². The van der Waals surface area contributed by atoms with Crippen molar-refractivity contribution in [2.45, 2.75) is 13.5 Å². The summed E-state index contributed by atoms with van der Waals surface area (Å²) in [6.07, 6.45) is 1.63. The maximum atomic E-state index is 13.4. The molecule has 0 amide bonds. The number of pyridine rings is 1. The Balaban J connectivity index is 1.79. The van der Waals surface area contributed by atoms with Crippen LogP contribution in [0.4, 0.5) is 4.39 Å². The number of carbonyl (C=O) groups is 1. The minimum Gasteiger partial charge on any atom is -0.473 e. The average Bonchev–Trinajstić information content (AvgIpc) is 2.61. The van der Waals surface area contributed by atoms with Crippen molar-refractivity contribution in [3.8, 4) is 17.0 Å². The number of Topliss-reactive ketones (excluding diaryl/α,β-unsaturated/α-hetero) is 1. The first-order valence-electron chi connectivity index (χ1n) is 7.57. The summed E-state index contributed by atoms with van der Waals surface area (Å²) in [5.41, 5.74) is 2.80. The van der Waals surface area contributed by atoms with E-state index >= 15 is 0 Å². The number of halogens is 1. The second-order valence-electron chi connectivity index (χ2n) is 5.41. The first-order valence-corrected chi connectivity index (χ1v) is 7.57. The van der Waals surface area contributed by atoms with Crippen molar-refractivity contribution in [2.75, 3.05) is 0 Å². The molecule has 4 heteroatoms. The first-order chi connectivity index (χ1) is 11.6. The fraction of sp³-hybridized carbons (Fsp3) is 0.100. The van der Waals surface area contributed by atoms with Crippen LogP contribution in [0.2, 0.25) is 0 Å². The summed E-state index contributed by atoms with van der Waals surface area (Å²) in [4.78, 5) is 16.0. The van der Waals surface area contributed by atoms with Crippen LogP contribution in [0, 0.1) is 5.82 Å². The van der Waals surface area contributed by atoms with E-state index in [1.807, 2.05) is 36.4 Å². The van der Waals surface area contributed by atoms with E-state index in [1.165, 1.54) is 19.1 Å². The predicted octanol–water partition coefficient (Wildman–Crippen LogP) is 4.67. The van der Waals surface area contributed by atoms with Crippen molar-refractivity contribution in [3.05, 3.63) is 83.8 Å². The summed E-state index contributed by atoms with van der Waals surface area (Å²) in [7, 11) is 0. The zero-order valence-corrected chi connectivity index (χ0v) is 13.2. The zero-order chi connectivity index (χ0) is 16.9. The molecule has 0 aliphatic rings. The SMILES string of the molecule is CC(=O)c1cc(F)ccc1-c1ccc(OCc2ccccc2)nc1. The molecular weight excluding hydrogens is 305 g/mol. The molecule has 0 radical (unpaired) electrons. The fourth-order valence-electron chi connectivity index (χ4n) is 2.42. The molecule has 2 aromatic carbocycles. The van der Waals surface area contributed by atoms with Gasteiger partial charge >= 0.3 is 0 Å². The van der Waals surface area contributed by atoms with Gasteiger partial charge in [0.05, 0.1) is 0 Å². The van der Waals surface area contributed by atoms with E-state index in [0.29, 0.717) is 23.6 Å². The van der Waals surface area contributed by atoms with E-state index in [0.717, 1.165) is 11.1 Å². The lowest BCUT2D eigenvalue weighted by Gasteiger charge is -2.09. The Morgan fingerprint density at radius 2 is 1.88 bits per heavy atom. The van der Waals surface area contributed by atoms with Crippen LogP contribution in [-0.2, 0) is 6.61 Å². The Labute approximate surface area is 139 Å². The summed E-state index contributed by atoms with van der Waals surface area (Å²) >= 11 is 0. The third-order valence-corrected chi connectivity index (χ3v) is 3.64. The highest BCUT2D eigenvalue weighted by atomic mass is 19.1. The van der Waals surface area contributed by atoms with Crippen LogP contribution in [0.3, 0.4) is 0 Å². The standard InChI is InChI=1S/C20H16FNO2/c1-14(23)19-11-17(21)8-9-18(19)16-7-10-20(22-12-16)24-13-15-5-3-2-4-6-15/h2-12H,13H2,1H3. The van der Waals surface area contributed by atoms with Gasteiger partial charge in [-0.05, 0) is 36.2 Å². The average molecular weight is 321 g/mol. The van der Waals surface area contributed by atoms with Crippen LogP contribution < -0.4 is 4.74 Å². The van der Waals surface area contributed by atoms with Crippen molar-refractivity contribution in [2.24, 2.45) is 0 Å². The molecule has 0 unspecified atom stereocenters. The van der Waals surface area contributed by atoms with Gasteiger partial charge in [-0.25, -0.2) is 9.37 Å². The Morgan fingerprint density at radius 3 is 2.54 bits per heavy atom. The largest absolute Gasteiger partial charge is 0.473 e. The van der Waals surface area contributed by atoms with E-state index in [1.54, 1.807) is 18.3 Å². The Bertz CT molecular complexity index is 845. The van der Waals surface area contributed by atoms with Gasteiger partial charge in [0.2, 0.25) is 5.88 Å². The van der Waals surface area contributed by atoms with E-state index in [-0.39, 0.29) is 5.78 Å². The van der Waals surface area contributed by atoms with Gasteiger partial charge in [-0.15, -0.1) is 0 Å². The number of rotatable bonds is 5. The van der Waals surface area contributed by atoms with Gasteiger partial charge in [-0.1, -0.05) is 36.4 Å². The molecule has 0 saturated carbocycles. The normalized spacial score (nSPS) is 10.4. The smallest absolute Gasteiger partial charge is 0.213 e. The van der Waals surface area contributed by atoms with E-state index < -0.39 is 5.82 Å². The van der Waals surface area contributed by atoms with Crippen molar-refractivity contribution in [3.63, 3.8) is 0 Å². The number of hydrogen-bond acceptors (Lipinski definition) is 3. The molecule has 24 heavy (non-hydrogen) atoms. The molecule has 0 N–H and O–H groups in total. The van der Waals surface area contributed by atoms with Crippen LogP contribution in [0.5, 0.6) is 5.88 Å². The molecule has 0 fully saturated rings. The van der Waals surface area contributed by atoms with Gasteiger partial charge < -0.3 is 4.74 Å². The first kappa shape index (κ1) is 15.9. The highest BCUT2D eigenvalue weighted by Gasteiger charge is 2.11. The Morgan fingerprint density at radius 1 is 1.08 bits per heavy atom. The van der Waals surface area contributed by atoms with Gasteiger partial charge in [0, 0.05) is 23.4 Å². The molecule has 0 aliphatic carbocycles. The summed E-state index contributed by atoms with van der Waals surface area (Å²) in [6, 6.07) is 17.5. The molecule has 3 aromatic rings. The molecule has 0 bridgehead atoms.